The van der Waals surface area contributed by atoms with Crippen molar-refractivity contribution in [1.82, 2.24) is 0 Å². The van der Waals surface area contributed by atoms with Gasteiger partial charge in [-0.05, 0) is 38.5 Å². The van der Waals surface area contributed by atoms with Crippen LogP contribution in [-0.2, 0) is 9.53 Å². The van der Waals surface area contributed by atoms with Crippen molar-refractivity contribution in [2.75, 3.05) is 25.1 Å². The van der Waals surface area contributed by atoms with Gasteiger partial charge in [0.2, 0.25) is 0 Å². The van der Waals surface area contributed by atoms with Gasteiger partial charge in [-0.15, -0.1) is 0 Å². The molecule has 0 atom stereocenters. The lowest BCUT2D eigenvalue weighted by molar-refractivity contribution is -0.143. The van der Waals surface area contributed by atoms with Crippen LogP contribution in [0.1, 0.15) is 26.7 Å². The first-order valence-corrected chi connectivity index (χ1v) is 7.28. The second kappa shape index (κ2) is 8.80. The van der Waals surface area contributed by atoms with Crippen molar-refractivity contribution in [1.29, 1.82) is 0 Å². The maximum Gasteiger partial charge on any atom is 0.305 e. The van der Waals surface area contributed by atoms with Crippen LogP contribution in [0, 0.1) is 0 Å². The zero-order chi connectivity index (χ0) is 14.1. The van der Waals surface area contributed by atoms with Crippen LogP contribution >= 0.6 is 15.9 Å². The predicted octanol–water partition coefficient (Wildman–Crippen LogP) is 3.60. The first-order chi connectivity index (χ1) is 9.17. The fourth-order valence-electron chi connectivity index (χ4n) is 1.59. The van der Waals surface area contributed by atoms with Crippen molar-refractivity contribution in [2.24, 2.45) is 0 Å². The SMILES string of the molecule is CCNc1cc(Br)ccc1OCCCC(=O)OCC. The van der Waals surface area contributed by atoms with Crippen molar-refractivity contribution in [3.05, 3.63) is 22.7 Å². The van der Waals surface area contributed by atoms with Crippen molar-refractivity contribution in [2.45, 2.75) is 26.7 Å². The molecule has 1 rings (SSSR count). The van der Waals surface area contributed by atoms with Crippen LogP contribution < -0.4 is 10.1 Å². The highest BCUT2D eigenvalue weighted by molar-refractivity contribution is 9.10. The maximum atomic E-state index is 11.2. The van der Waals surface area contributed by atoms with Crippen LogP contribution in [0.2, 0.25) is 0 Å². The molecular formula is C14H20BrNO3. The first-order valence-electron chi connectivity index (χ1n) is 6.49. The molecule has 0 bridgehead atoms. The molecule has 0 aliphatic heterocycles. The predicted molar refractivity (Wildman–Crippen MR) is 79.7 cm³/mol. The van der Waals surface area contributed by atoms with Crippen molar-refractivity contribution < 1.29 is 14.3 Å². The van der Waals surface area contributed by atoms with E-state index >= 15 is 0 Å². The van der Waals surface area contributed by atoms with E-state index in [1.165, 1.54) is 0 Å². The third-order valence-electron chi connectivity index (χ3n) is 2.40. The molecule has 5 heteroatoms. The lowest BCUT2D eigenvalue weighted by atomic mass is 10.3. The van der Waals surface area contributed by atoms with Gasteiger partial charge in [-0.1, -0.05) is 15.9 Å². The highest BCUT2D eigenvalue weighted by atomic mass is 79.9. The highest BCUT2D eigenvalue weighted by Crippen LogP contribution is 2.28. The smallest absolute Gasteiger partial charge is 0.305 e. The fraction of sp³-hybridized carbons (Fsp3) is 0.500. The normalized spacial score (nSPS) is 10.1. The van der Waals surface area contributed by atoms with Gasteiger partial charge in [-0.25, -0.2) is 0 Å². The average Bonchev–Trinajstić information content (AvgIpc) is 2.37. The number of rotatable bonds is 8. The van der Waals surface area contributed by atoms with E-state index < -0.39 is 0 Å². The van der Waals surface area contributed by atoms with Crippen molar-refractivity contribution in [3.8, 4) is 5.75 Å². The van der Waals surface area contributed by atoms with E-state index in [-0.39, 0.29) is 5.97 Å². The van der Waals surface area contributed by atoms with Gasteiger partial charge in [0.05, 0.1) is 18.9 Å². The average molecular weight is 330 g/mol. The molecule has 0 amide bonds. The number of ether oxygens (including phenoxy) is 2. The molecule has 0 spiro atoms. The third-order valence-corrected chi connectivity index (χ3v) is 2.89. The largest absolute Gasteiger partial charge is 0.491 e. The molecule has 1 aromatic carbocycles. The van der Waals surface area contributed by atoms with Crippen LogP contribution in [0.3, 0.4) is 0 Å². The number of benzene rings is 1. The number of nitrogens with one attached hydrogen (secondary N) is 1. The number of carbonyl (C=O) groups is 1. The maximum absolute atomic E-state index is 11.2. The summed E-state index contributed by atoms with van der Waals surface area (Å²) in [6.45, 7) is 5.59. The summed E-state index contributed by atoms with van der Waals surface area (Å²) >= 11 is 3.43. The van der Waals surface area contributed by atoms with E-state index in [4.69, 9.17) is 9.47 Å². The summed E-state index contributed by atoms with van der Waals surface area (Å²) in [4.78, 5) is 11.2. The molecule has 1 aromatic rings. The van der Waals surface area contributed by atoms with Crippen LogP contribution in [0.5, 0.6) is 5.75 Å². The quantitative estimate of drug-likeness (QED) is 0.584. The molecule has 0 aliphatic carbocycles. The molecule has 0 fully saturated rings. The Morgan fingerprint density at radius 1 is 1.37 bits per heavy atom. The molecule has 0 unspecified atom stereocenters. The van der Waals surface area contributed by atoms with Crippen LogP contribution in [0.15, 0.2) is 22.7 Å². The topological polar surface area (TPSA) is 47.6 Å². The molecule has 106 valence electrons. The summed E-state index contributed by atoms with van der Waals surface area (Å²) in [5.74, 6) is 0.628. The molecule has 0 saturated heterocycles. The summed E-state index contributed by atoms with van der Waals surface area (Å²) in [7, 11) is 0. The Morgan fingerprint density at radius 2 is 2.16 bits per heavy atom. The van der Waals surface area contributed by atoms with Crippen molar-refractivity contribution >= 4 is 27.6 Å². The van der Waals surface area contributed by atoms with E-state index in [0.29, 0.717) is 26.1 Å². The Kier molecular flexibility index (Phi) is 7.33. The second-order valence-corrected chi connectivity index (χ2v) is 4.84. The molecule has 19 heavy (non-hydrogen) atoms. The molecule has 1 N–H and O–H groups in total. The van der Waals surface area contributed by atoms with Gasteiger partial charge in [-0.2, -0.15) is 0 Å². The van der Waals surface area contributed by atoms with E-state index in [0.717, 1.165) is 22.5 Å². The lowest BCUT2D eigenvalue weighted by Gasteiger charge is -2.12. The van der Waals surface area contributed by atoms with Crippen LogP contribution in [-0.4, -0.2) is 25.7 Å². The second-order valence-electron chi connectivity index (χ2n) is 3.93. The molecule has 4 nitrogen and oxygen atoms in total. The Balaban J connectivity index is 2.42. The van der Waals surface area contributed by atoms with Crippen LogP contribution in [0.25, 0.3) is 0 Å². The monoisotopic (exact) mass is 329 g/mol. The Bertz CT molecular complexity index is 410. The van der Waals surface area contributed by atoms with Gasteiger partial charge in [0, 0.05) is 17.4 Å². The van der Waals surface area contributed by atoms with Crippen LogP contribution in [0.4, 0.5) is 5.69 Å². The minimum atomic E-state index is -0.172. The molecule has 0 aliphatic rings. The number of carbonyl (C=O) groups excluding carboxylic acids is 1. The summed E-state index contributed by atoms with van der Waals surface area (Å²) in [6, 6.07) is 5.82. The highest BCUT2D eigenvalue weighted by Gasteiger charge is 2.05. The van der Waals surface area contributed by atoms with E-state index in [2.05, 4.69) is 21.2 Å². The number of anilines is 1. The minimum absolute atomic E-state index is 0.172. The number of hydrogen-bond donors (Lipinski definition) is 1. The fourth-order valence-corrected chi connectivity index (χ4v) is 1.95. The van der Waals surface area contributed by atoms with Gasteiger partial charge in [0.25, 0.3) is 0 Å². The Morgan fingerprint density at radius 3 is 2.84 bits per heavy atom. The lowest BCUT2D eigenvalue weighted by Crippen LogP contribution is -2.07. The van der Waals surface area contributed by atoms with Gasteiger partial charge in [-0.3, -0.25) is 4.79 Å². The summed E-state index contributed by atoms with van der Waals surface area (Å²) in [6.07, 6.45) is 1.04. The Labute approximate surface area is 122 Å². The van der Waals surface area contributed by atoms with Crippen molar-refractivity contribution in [3.63, 3.8) is 0 Å². The first kappa shape index (κ1) is 15.8. The van der Waals surface area contributed by atoms with Gasteiger partial charge < -0.3 is 14.8 Å². The minimum Gasteiger partial charge on any atom is -0.491 e. The van der Waals surface area contributed by atoms with Gasteiger partial charge in [0.1, 0.15) is 5.75 Å². The molecule has 0 saturated carbocycles. The molecular weight excluding hydrogens is 310 g/mol. The zero-order valence-electron chi connectivity index (χ0n) is 11.4. The van der Waals surface area contributed by atoms with E-state index in [1.807, 2.05) is 25.1 Å². The van der Waals surface area contributed by atoms with E-state index in [9.17, 15) is 4.79 Å². The summed E-state index contributed by atoms with van der Waals surface area (Å²) in [5.41, 5.74) is 0.952. The Hall–Kier alpha value is -1.23. The number of esters is 1. The third kappa shape index (κ3) is 5.96. The zero-order valence-corrected chi connectivity index (χ0v) is 13.0. The molecule has 0 heterocycles. The number of halogens is 1. The molecule has 0 radical (unpaired) electrons. The van der Waals surface area contributed by atoms with Gasteiger partial charge in [0.15, 0.2) is 0 Å². The standard InChI is InChI=1S/C14H20BrNO3/c1-3-16-12-10-11(15)7-8-13(12)19-9-5-6-14(17)18-4-2/h7-8,10,16H,3-6,9H2,1-2H3. The van der Waals surface area contributed by atoms with E-state index in [1.54, 1.807) is 6.92 Å². The summed E-state index contributed by atoms with van der Waals surface area (Å²) in [5, 5.41) is 3.24. The number of hydrogen-bond acceptors (Lipinski definition) is 4. The molecule has 0 aromatic heterocycles. The van der Waals surface area contributed by atoms with Gasteiger partial charge >= 0.3 is 5.97 Å². The summed E-state index contributed by atoms with van der Waals surface area (Å²) < 4.78 is 11.5.